The van der Waals surface area contributed by atoms with Crippen molar-refractivity contribution >= 4 is 8.32 Å². The lowest BCUT2D eigenvalue weighted by Gasteiger charge is -2.38. The fourth-order valence-electron chi connectivity index (χ4n) is 3.16. The van der Waals surface area contributed by atoms with Gasteiger partial charge in [-0.15, -0.1) is 0 Å². The fourth-order valence-corrected chi connectivity index (χ4v) is 4.51. The molecule has 2 atom stereocenters. The lowest BCUT2D eigenvalue weighted by molar-refractivity contribution is 0.0991. The van der Waals surface area contributed by atoms with Crippen LogP contribution in [-0.4, -0.2) is 49.7 Å². The third-order valence-electron chi connectivity index (χ3n) is 5.33. The van der Waals surface area contributed by atoms with E-state index in [2.05, 4.69) is 38.8 Å². The molecular formula is C14H29NO2Si. The first-order valence-electron chi connectivity index (χ1n) is 7.24. The summed E-state index contributed by atoms with van der Waals surface area (Å²) in [6.07, 6.45) is 3.72. The molecule has 0 amide bonds. The van der Waals surface area contributed by atoms with Crippen molar-refractivity contribution in [3.8, 4) is 0 Å². The fraction of sp³-hybridized carbons (Fsp3) is 1.00. The summed E-state index contributed by atoms with van der Waals surface area (Å²) in [7, 11) is -1.67. The normalized spacial score (nSPS) is 34.0. The van der Waals surface area contributed by atoms with Crippen LogP contribution in [0.2, 0.25) is 18.1 Å². The van der Waals surface area contributed by atoms with E-state index < -0.39 is 8.32 Å². The smallest absolute Gasteiger partial charge is 0.192 e. The summed E-state index contributed by atoms with van der Waals surface area (Å²) in [6, 6.07) is 0. The lowest BCUT2D eigenvalue weighted by Crippen LogP contribution is -2.44. The average molecular weight is 271 g/mol. The van der Waals surface area contributed by atoms with Gasteiger partial charge in [-0.1, -0.05) is 20.8 Å². The zero-order valence-electron chi connectivity index (χ0n) is 12.6. The van der Waals surface area contributed by atoms with Crippen LogP contribution in [0.25, 0.3) is 0 Å². The summed E-state index contributed by atoms with van der Waals surface area (Å²) >= 11 is 0. The number of aliphatic hydroxyl groups is 1. The quantitative estimate of drug-likeness (QED) is 0.801. The first kappa shape index (κ1) is 14.5. The van der Waals surface area contributed by atoms with Crippen molar-refractivity contribution in [3.63, 3.8) is 0 Å². The van der Waals surface area contributed by atoms with Gasteiger partial charge in [-0.05, 0) is 43.9 Å². The minimum atomic E-state index is -1.67. The Kier molecular flexibility index (Phi) is 3.69. The Balaban J connectivity index is 2.02. The standard InChI is InChI=1S/C14H29NO2Si/c1-13(2,3)18(4,5)17-12-9-14(11-16)7-6-8-15(14)10-12/h12,16H,6-11H2,1-5H3/t12-,14+/m1/s1. The van der Waals surface area contributed by atoms with E-state index in [1.54, 1.807) is 0 Å². The van der Waals surface area contributed by atoms with Crippen molar-refractivity contribution in [1.29, 1.82) is 0 Å². The number of nitrogens with zero attached hydrogens (tertiary/aromatic N) is 1. The lowest BCUT2D eigenvalue weighted by atomic mass is 9.95. The van der Waals surface area contributed by atoms with E-state index in [1.807, 2.05) is 0 Å². The highest BCUT2D eigenvalue weighted by Crippen LogP contribution is 2.43. The van der Waals surface area contributed by atoms with Crippen molar-refractivity contribution in [2.45, 2.75) is 69.8 Å². The molecule has 0 aromatic rings. The summed E-state index contributed by atoms with van der Waals surface area (Å²) < 4.78 is 6.51. The monoisotopic (exact) mass is 271 g/mol. The second-order valence-corrected chi connectivity index (χ2v) is 12.4. The molecule has 0 spiro atoms. The van der Waals surface area contributed by atoms with E-state index in [9.17, 15) is 5.11 Å². The maximum atomic E-state index is 9.72. The zero-order chi connectivity index (χ0) is 13.6. The molecule has 2 saturated heterocycles. The Morgan fingerprint density at radius 3 is 2.56 bits per heavy atom. The molecule has 0 saturated carbocycles. The van der Waals surface area contributed by atoms with E-state index in [1.165, 1.54) is 6.42 Å². The van der Waals surface area contributed by atoms with Crippen molar-refractivity contribution < 1.29 is 9.53 Å². The number of hydrogen-bond donors (Lipinski definition) is 1. The highest BCUT2D eigenvalue weighted by Gasteiger charge is 2.50. The number of fused-ring (bicyclic) bond motifs is 1. The third kappa shape index (κ3) is 2.40. The molecule has 0 unspecified atom stereocenters. The van der Waals surface area contributed by atoms with Gasteiger partial charge in [-0.25, -0.2) is 0 Å². The minimum Gasteiger partial charge on any atom is -0.413 e. The number of hydrogen-bond acceptors (Lipinski definition) is 3. The second kappa shape index (κ2) is 4.58. The van der Waals surface area contributed by atoms with Crippen LogP contribution in [0.5, 0.6) is 0 Å². The van der Waals surface area contributed by atoms with Gasteiger partial charge in [0.1, 0.15) is 0 Å². The van der Waals surface area contributed by atoms with Gasteiger partial charge in [-0.2, -0.15) is 0 Å². The maximum Gasteiger partial charge on any atom is 0.192 e. The number of rotatable bonds is 3. The topological polar surface area (TPSA) is 32.7 Å². The molecule has 0 radical (unpaired) electrons. The van der Waals surface area contributed by atoms with Gasteiger partial charge in [-0.3, -0.25) is 4.90 Å². The SMILES string of the molecule is CC(C)(C)[Si](C)(C)O[C@H]1CN2CCC[C@@]2(CO)C1. The van der Waals surface area contributed by atoms with E-state index >= 15 is 0 Å². The molecule has 0 bridgehead atoms. The van der Waals surface area contributed by atoms with E-state index in [0.717, 1.165) is 25.9 Å². The van der Waals surface area contributed by atoms with Crippen LogP contribution in [0, 0.1) is 0 Å². The molecule has 4 heteroatoms. The van der Waals surface area contributed by atoms with Gasteiger partial charge < -0.3 is 9.53 Å². The average Bonchev–Trinajstić information content (AvgIpc) is 2.71. The van der Waals surface area contributed by atoms with Gasteiger partial charge in [0.25, 0.3) is 0 Å². The summed E-state index contributed by atoms with van der Waals surface area (Å²) in [5.41, 5.74) is 0.0486. The van der Waals surface area contributed by atoms with Crippen LogP contribution >= 0.6 is 0 Å². The molecule has 0 aliphatic carbocycles. The summed E-state index contributed by atoms with van der Waals surface area (Å²) in [6.45, 7) is 14.0. The van der Waals surface area contributed by atoms with Gasteiger partial charge in [0.15, 0.2) is 8.32 Å². The van der Waals surface area contributed by atoms with Crippen LogP contribution in [0.15, 0.2) is 0 Å². The van der Waals surface area contributed by atoms with Crippen LogP contribution in [0.1, 0.15) is 40.0 Å². The Morgan fingerprint density at radius 1 is 1.39 bits per heavy atom. The Bertz CT molecular complexity index is 313. The van der Waals surface area contributed by atoms with Gasteiger partial charge in [0.05, 0.1) is 12.7 Å². The van der Waals surface area contributed by atoms with Gasteiger partial charge in [0.2, 0.25) is 0 Å². The number of aliphatic hydroxyl groups excluding tert-OH is 1. The van der Waals surface area contributed by atoms with E-state index in [4.69, 9.17) is 4.43 Å². The first-order chi connectivity index (χ1) is 8.20. The Hall–Kier alpha value is 0.0969. The van der Waals surface area contributed by atoms with Crippen LogP contribution < -0.4 is 0 Å². The molecule has 0 aromatic heterocycles. The summed E-state index contributed by atoms with van der Waals surface area (Å²) in [4.78, 5) is 2.46. The molecule has 18 heavy (non-hydrogen) atoms. The molecule has 3 nitrogen and oxygen atoms in total. The molecule has 1 N–H and O–H groups in total. The largest absolute Gasteiger partial charge is 0.413 e. The summed E-state index contributed by atoms with van der Waals surface area (Å²) in [5.74, 6) is 0. The van der Waals surface area contributed by atoms with Gasteiger partial charge >= 0.3 is 0 Å². The Labute approximate surface area is 113 Å². The second-order valence-electron chi connectivity index (χ2n) is 7.64. The Morgan fingerprint density at radius 2 is 2.06 bits per heavy atom. The van der Waals surface area contributed by atoms with E-state index in [-0.39, 0.29) is 10.6 Å². The van der Waals surface area contributed by atoms with Crippen molar-refractivity contribution in [2.24, 2.45) is 0 Å². The predicted molar refractivity (Wildman–Crippen MR) is 77.3 cm³/mol. The highest BCUT2D eigenvalue weighted by molar-refractivity contribution is 6.74. The van der Waals surface area contributed by atoms with Gasteiger partial charge in [0, 0.05) is 12.1 Å². The van der Waals surface area contributed by atoms with Crippen LogP contribution in [0.4, 0.5) is 0 Å². The minimum absolute atomic E-state index is 0.0486. The molecule has 2 fully saturated rings. The zero-order valence-corrected chi connectivity index (χ0v) is 13.6. The molecule has 2 rings (SSSR count). The molecular weight excluding hydrogens is 242 g/mol. The van der Waals surface area contributed by atoms with Crippen molar-refractivity contribution in [3.05, 3.63) is 0 Å². The van der Waals surface area contributed by atoms with Crippen LogP contribution in [-0.2, 0) is 4.43 Å². The maximum absolute atomic E-state index is 9.72. The molecule has 0 aromatic carbocycles. The molecule has 2 aliphatic rings. The van der Waals surface area contributed by atoms with Crippen LogP contribution in [0.3, 0.4) is 0 Å². The van der Waals surface area contributed by atoms with Crippen molar-refractivity contribution in [1.82, 2.24) is 4.90 Å². The highest BCUT2D eigenvalue weighted by atomic mass is 28.4. The molecule has 2 heterocycles. The van der Waals surface area contributed by atoms with Crippen molar-refractivity contribution in [2.75, 3.05) is 19.7 Å². The third-order valence-corrected chi connectivity index (χ3v) is 9.87. The van der Waals surface area contributed by atoms with E-state index in [0.29, 0.717) is 12.7 Å². The molecule has 106 valence electrons. The summed E-state index contributed by atoms with van der Waals surface area (Å²) in [5, 5.41) is 9.99. The first-order valence-corrected chi connectivity index (χ1v) is 10.1. The molecule has 2 aliphatic heterocycles. The predicted octanol–water partition coefficient (Wildman–Crippen LogP) is 2.61.